The molecule has 1 unspecified atom stereocenters. The average Bonchev–Trinajstić information content (AvgIpc) is 3.60. The molecule has 0 radical (unpaired) electrons. The van der Waals surface area contributed by atoms with E-state index in [1.54, 1.807) is 36.4 Å². The number of halogens is 2. The van der Waals surface area contributed by atoms with Crippen LogP contribution in [0.2, 0.25) is 5.02 Å². The van der Waals surface area contributed by atoms with Crippen LogP contribution in [0.5, 0.6) is 5.75 Å². The van der Waals surface area contributed by atoms with Gasteiger partial charge in [0.25, 0.3) is 15.9 Å². The molecule has 12 heteroatoms. The van der Waals surface area contributed by atoms with Crippen molar-refractivity contribution in [2.24, 2.45) is 0 Å². The Morgan fingerprint density at radius 1 is 0.851 bits per heavy atom. The second kappa shape index (κ2) is 15.4. The lowest BCUT2D eigenvalue weighted by atomic mass is 10.0. The summed E-state index contributed by atoms with van der Waals surface area (Å²) in [5.41, 5.74) is 1.81. The molecule has 0 aliphatic heterocycles. The number of nitrogens with zero attached hydrogens (tertiary/aromatic N) is 1. The summed E-state index contributed by atoms with van der Waals surface area (Å²) < 4.78 is 52.4. The largest absolute Gasteiger partial charge is 0.484 e. The summed E-state index contributed by atoms with van der Waals surface area (Å²) in [5.74, 6) is -0.530. The highest BCUT2D eigenvalue weighted by molar-refractivity contribution is 7.92. The van der Waals surface area contributed by atoms with Crippen LogP contribution >= 0.6 is 11.6 Å². The molecular formula is C35H31ClFN3O6S. The van der Waals surface area contributed by atoms with Crippen LogP contribution in [0.3, 0.4) is 0 Å². The quantitative estimate of drug-likeness (QED) is 0.145. The summed E-state index contributed by atoms with van der Waals surface area (Å²) in [6.07, 6.45) is 1.75. The standard InChI is InChI=1S/C35H31ClFN3O6S/c36-27-10-8-26(9-11-27)23-40(33(21-25-5-2-1-3-6-25)35(42)38-22-31-7-4-20-45-31)34(41)24-46-30-16-18-32(19-17-30)47(43,44)39-29-14-12-28(37)13-15-29/h1-20,33,39H,21-24H2,(H,38,42). The highest BCUT2D eigenvalue weighted by atomic mass is 35.5. The van der Waals surface area contributed by atoms with Crippen molar-refractivity contribution >= 4 is 39.1 Å². The number of benzene rings is 4. The number of carbonyl (C=O) groups excluding carboxylic acids is 2. The van der Waals surface area contributed by atoms with Gasteiger partial charge in [-0.05, 0) is 83.9 Å². The summed E-state index contributed by atoms with van der Waals surface area (Å²) in [6.45, 7) is -0.191. The SMILES string of the molecule is O=C(NCc1ccco1)C(Cc1ccccc1)N(Cc1ccc(Cl)cc1)C(=O)COc1ccc(S(=O)(=O)Nc2ccc(F)cc2)cc1. The fourth-order valence-electron chi connectivity index (χ4n) is 4.72. The van der Waals surface area contributed by atoms with Crippen LogP contribution in [0.25, 0.3) is 0 Å². The fourth-order valence-corrected chi connectivity index (χ4v) is 5.91. The molecule has 4 aromatic carbocycles. The molecule has 9 nitrogen and oxygen atoms in total. The predicted molar refractivity (Wildman–Crippen MR) is 176 cm³/mol. The van der Waals surface area contributed by atoms with Crippen molar-refractivity contribution in [3.05, 3.63) is 149 Å². The Morgan fingerprint density at radius 2 is 1.55 bits per heavy atom. The fraction of sp³-hybridized carbons (Fsp3) is 0.143. The van der Waals surface area contributed by atoms with Crippen molar-refractivity contribution in [1.82, 2.24) is 10.2 Å². The Morgan fingerprint density at radius 3 is 2.21 bits per heavy atom. The lowest BCUT2D eigenvalue weighted by Gasteiger charge is -2.31. The van der Waals surface area contributed by atoms with E-state index in [9.17, 15) is 22.4 Å². The van der Waals surface area contributed by atoms with E-state index >= 15 is 0 Å². The number of nitrogens with one attached hydrogen (secondary N) is 2. The molecule has 0 aliphatic rings. The van der Waals surface area contributed by atoms with Crippen molar-refractivity contribution in [2.75, 3.05) is 11.3 Å². The molecule has 0 spiro atoms. The molecule has 0 saturated carbocycles. The molecular weight excluding hydrogens is 645 g/mol. The van der Waals surface area contributed by atoms with Gasteiger partial charge in [0, 0.05) is 23.7 Å². The summed E-state index contributed by atoms with van der Waals surface area (Å²) in [4.78, 5) is 29.0. The molecule has 242 valence electrons. The van der Waals surface area contributed by atoms with E-state index in [0.29, 0.717) is 10.8 Å². The Balaban J connectivity index is 1.34. The number of carbonyl (C=O) groups is 2. The van der Waals surface area contributed by atoms with Crippen molar-refractivity contribution in [2.45, 2.75) is 30.4 Å². The highest BCUT2D eigenvalue weighted by Gasteiger charge is 2.31. The minimum Gasteiger partial charge on any atom is -0.484 e. The predicted octanol–water partition coefficient (Wildman–Crippen LogP) is 6.21. The number of sulfonamides is 1. The number of ether oxygens (including phenoxy) is 1. The van der Waals surface area contributed by atoms with Gasteiger partial charge in [0.2, 0.25) is 5.91 Å². The Labute approximate surface area is 277 Å². The molecule has 47 heavy (non-hydrogen) atoms. The zero-order valence-corrected chi connectivity index (χ0v) is 26.6. The van der Waals surface area contributed by atoms with E-state index in [0.717, 1.165) is 23.3 Å². The monoisotopic (exact) mass is 675 g/mol. The minimum atomic E-state index is -3.96. The molecule has 5 aromatic rings. The summed E-state index contributed by atoms with van der Waals surface area (Å²) in [5, 5.41) is 3.41. The van der Waals surface area contributed by atoms with E-state index in [4.69, 9.17) is 20.8 Å². The first-order valence-electron chi connectivity index (χ1n) is 14.6. The summed E-state index contributed by atoms with van der Waals surface area (Å²) >= 11 is 6.10. The van der Waals surface area contributed by atoms with Crippen LogP contribution in [0.1, 0.15) is 16.9 Å². The maximum Gasteiger partial charge on any atom is 0.261 e. The molecule has 1 aromatic heterocycles. The maximum absolute atomic E-state index is 13.9. The Hall–Kier alpha value is -5.13. The summed E-state index contributed by atoms with van der Waals surface area (Å²) in [6, 6.07) is 29.3. The van der Waals surface area contributed by atoms with Crippen LogP contribution in [-0.2, 0) is 39.1 Å². The third-order valence-electron chi connectivity index (χ3n) is 7.15. The number of hydrogen-bond acceptors (Lipinski definition) is 6. The molecule has 2 N–H and O–H groups in total. The molecule has 1 heterocycles. The molecule has 0 aliphatic carbocycles. The van der Waals surface area contributed by atoms with Crippen molar-refractivity contribution in [3.8, 4) is 5.75 Å². The summed E-state index contributed by atoms with van der Waals surface area (Å²) in [7, 11) is -3.96. The molecule has 0 fully saturated rings. The van der Waals surface area contributed by atoms with Crippen LogP contribution in [0.4, 0.5) is 10.1 Å². The van der Waals surface area contributed by atoms with Crippen molar-refractivity contribution in [1.29, 1.82) is 0 Å². The lowest BCUT2D eigenvalue weighted by Crippen LogP contribution is -2.51. The molecule has 5 rings (SSSR count). The number of anilines is 1. The van der Waals surface area contributed by atoms with Crippen LogP contribution in [0.15, 0.2) is 131 Å². The van der Waals surface area contributed by atoms with E-state index < -0.39 is 34.4 Å². The topological polar surface area (TPSA) is 118 Å². The van der Waals surface area contributed by atoms with Gasteiger partial charge >= 0.3 is 0 Å². The molecule has 0 bridgehead atoms. The van der Waals surface area contributed by atoms with Gasteiger partial charge in [0.05, 0.1) is 17.7 Å². The zero-order valence-electron chi connectivity index (χ0n) is 25.0. The van der Waals surface area contributed by atoms with Crippen molar-refractivity contribution in [3.63, 3.8) is 0 Å². The smallest absolute Gasteiger partial charge is 0.261 e. The lowest BCUT2D eigenvalue weighted by molar-refractivity contribution is -0.142. The molecule has 2 amide bonds. The van der Waals surface area contributed by atoms with Crippen LogP contribution in [-0.4, -0.2) is 37.8 Å². The Bertz CT molecular complexity index is 1870. The first-order valence-corrected chi connectivity index (χ1v) is 16.4. The first-order chi connectivity index (χ1) is 22.7. The second-order valence-electron chi connectivity index (χ2n) is 10.5. The first kappa shape index (κ1) is 33.2. The molecule has 1 atom stereocenters. The van der Waals surface area contributed by atoms with Crippen molar-refractivity contribution < 1.29 is 31.6 Å². The number of furan rings is 1. The maximum atomic E-state index is 13.9. The van der Waals surface area contributed by atoms with Crippen LogP contribution < -0.4 is 14.8 Å². The highest BCUT2D eigenvalue weighted by Crippen LogP contribution is 2.21. The van der Waals surface area contributed by atoms with E-state index in [-0.39, 0.29) is 41.7 Å². The normalized spacial score (nSPS) is 11.8. The van der Waals surface area contributed by atoms with Gasteiger partial charge in [-0.25, -0.2) is 12.8 Å². The molecule has 0 saturated heterocycles. The van der Waals surface area contributed by atoms with Gasteiger partial charge in [-0.1, -0.05) is 54.1 Å². The minimum absolute atomic E-state index is 0.0546. The zero-order chi connectivity index (χ0) is 33.2. The van der Waals surface area contributed by atoms with Gasteiger partial charge in [-0.2, -0.15) is 0 Å². The number of rotatable bonds is 14. The van der Waals surface area contributed by atoms with E-state index in [2.05, 4.69) is 10.0 Å². The third-order valence-corrected chi connectivity index (χ3v) is 8.80. The van der Waals surface area contributed by atoms with E-state index in [1.165, 1.54) is 47.6 Å². The third kappa shape index (κ3) is 9.44. The van der Waals surface area contributed by atoms with Gasteiger partial charge in [0.1, 0.15) is 23.4 Å². The van der Waals surface area contributed by atoms with Gasteiger partial charge in [-0.15, -0.1) is 0 Å². The van der Waals surface area contributed by atoms with Gasteiger partial charge in [0.15, 0.2) is 6.61 Å². The van der Waals surface area contributed by atoms with Crippen LogP contribution in [0, 0.1) is 5.82 Å². The second-order valence-corrected chi connectivity index (χ2v) is 12.6. The van der Waals surface area contributed by atoms with Gasteiger partial charge in [-0.3, -0.25) is 14.3 Å². The Kier molecular flexibility index (Phi) is 10.9. The van der Waals surface area contributed by atoms with E-state index in [1.807, 2.05) is 30.3 Å². The number of hydrogen-bond donors (Lipinski definition) is 2. The van der Waals surface area contributed by atoms with Gasteiger partial charge < -0.3 is 19.4 Å². The number of amides is 2. The average molecular weight is 676 g/mol.